The average Bonchev–Trinajstić information content (AvgIpc) is 2.84. The summed E-state index contributed by atoms with van der Waals surface area (Å²) in [7, 11) is 0. The molecule has 70 valence electrons. The number of amides is 1. The summed E-state index contributed by atoms with van der Waals surface area (Å²) in [6, 6.07) is 0. The molecule has 0 atom stereocenters. The van der Waals surface area contributed by atoms with Crippen LogP contribution in [0.5, 0.6) is 0 Å². The van der Waals surface area contributed by atoms with Crippen molar-refractivity contribution in [3.8, 4) is 0 Å². The Kier molecular flexibility index (Phi) is 2.00. The zero-order valence-electron chi connectivity index (χ0n) is 7.41. The average molecular weight is 181 g/mol. The van der Waals surface area contributed by atoms with Gasteiger partial charge in [0.25, 0.3) is 11.7 Å². The lowest BCUT2D eigenvalue weighted by molar-refractivity contribution is 0.0938. The predicted molar refractivity (Wildman–Crippen MR) is 44.1 cm³/mol. The van der Waals surface area contributed by atoms with Crippen LogP contribution in [0.15, 0.2) is 4.52 Å². The molecule has 0 spiro atoms. The molecule has 1 aliphatic rings. The van der Waals surface area contributed by atoms with Gasteiger partial charge in [0.15, 0.2) is 0 Å². The van der Waals surface area contributed by atoms with Crippen LogP contribution in [0.3, 0.4) is 0 Å². The second kappa shape index (κ2) is 3.16. The van der Waals surface area contributed by atoms with Crippen molar-refractivity contribution in [2.45, 2.75) is 19.8 Å². The molecule has 1 amide bonds. The molecule has 5 nitrogen and oxygen atoms in total. The van der Waals surface area contributed by atoms with Gasteiger partial charge >= 0.3 is 0 Å². The third-order valence-corrected chi connectivity index (χ3v) is 1.98. The van der Waals surface area contributed by atoms with E-state index in [9.17, 15) is 4.79 Å². The highest BCUT2D eigenvalue weighted by molar-refractivity contribution is 5.90. The van der Waals surface area contributed by atoms with E-state index in [1.807, 2.05) is 0 Å². The second-order valence-corrected chi connectivity index (χ2v) is 3.29. The van der Waals surface area contributed by atoms with Gasteiger partial charge in [0, 0.05) is 13.5 Å². The van der Waals surface area contributed by atoms with Crippen molar-refractivity contribution in [2.24, 2.45) is 5.92 Å². The van der Waals surface area contributed by atoms with Crippen LogP contribution < -0.4 is 5.32 Å². The Morgan fingerprint density at radius 3 is 3.00 bits per heavy atom. The minimum atomic E-state index is -0.247. The van der Waals surface area contributed by atoms with E-state index in [2.05, 4.69) is 20.0 Å². The Hall–Kier alpha value is -1.39. The fourth-order valence-corrected chi connectivity index (χ4v) is 1.03. The Balaban J connectivity index is 1.88. The first-order chi connectivity index (χ1) is 6.25. The summed E-state index contributed by atoms with van der Waals surface area (Å²) in [6.45, 7) is 2.39. The van der Waals surface area contributed by atoms with Crippen LogP contribution >= 0.6 is 0 Å². The molecule has 13 heavy (non-hydrogen) atoms. The summed E-state index contributed by atoms with van der Waals surface area (Å²) in [6.07, 6.45) is 2.43. The smallest absolute Gasteiger partial charge is 0.292 e. The maximum Gasteiger partial charge on any atom is 0.292 e. The van der Waals surface area contributed by atoms with E-state index in [1.165, 1.54) is 12.8 Å². The first kappa shape index (κ1) is 8.22. The zero-order chi connectivity index (χ0) is 9.26. The largest absolute Gasteiger partial charge is 0.349 e. The number of carbonyl (C=O) groups is 1. The maximum absolute atomic E-state index is 11.3. The number of rotatable bonds is 3. The number of hydrogen-bond acceptors (Lipinski definition) is 4. The van der Waals surface area contributed by atoms with Crippen LogP contribution in [0.4, 0.5) is 0 Å². The third kappa shape index (κ3) is 2.05. The molecule has 1 heterocycles. The standard InChI is InChI=1S/C8H11N3O2/c1-5-10-7(11-13-5)8(12)9-4-6-2-3-6/h6H,2-4H2,1H3,(H,9,12). The third-order valence-electron chi connectivity index (χ3n) is 1.98. The molecule has 0 bridgehead atoms. The van der Waals surface area contributed by atoms with Gasteiger partial charge in [0.05, 0.1) is 0 Å². The molecule has 0 unspecified atom stereocenters. The molecule has 0 aliphatic heterocycles. The van der Waals surface area contributed by atoms with Crippen molar-refractivity contribution in [1.82, 2.24) is 15.5 Å². The fourth-order valence-electron chi connectivity index (χ4n) is 1.03. The summed E-state index contributed by atoms with van der Waals surface area (Å²) >= 11 is 0. The molecular formula is C8H11N3O2. The van der Waals surface area contributed by atoms with Crippen molar-refractivity contribution in [2.75, 3.05) is 6.54 Å². The molecule has 5 heteroatoms. The van der Waals surface area contributed by atoms with Gasteiger partial charge < -0.3 is 9.84 Å². The van der Waals surface area contributed by atoms with Gasteiger partial charge in [-0.1, -0.05) is 5.16 Å². The lowest BCUT2D eigenvalue weighted by Gasteiger charge is -1.97. The zero-order valence-corrected chi connectivity index (χ0v) is 7.41. The number of aryl methyl sites for hydroxylation is 1. The Morgan fingerprint density at radius 1 is 1.69 bits per heavy atom. The van der Waals surface area contributed by atoms with E-state index in [0.717, 1.165) is 6.54 Å². The first-order valence-corrected chi connectivity index (χ1v) is 4.34. The first-order valence-electron chi connectivity index (χ1n) is 4.34. The van der Waals surface area contributed by atoms with Crippen LogP contribution in [-0.2, 0) is 0 Å². The van der Waals surface area contributed by atoms with E-state index in [1.54, 1.807) is 6.92 Å². The van der Waals surface area contributed by atoms with Crippen LogP contribution in [0.1, 0.15) is 29.4 Å². The molecule has 2 rings (SSSR count). The Labute approximate surface area is 75.5 Å². The minimum absolute atomic E-state index is 0.123. The quantitative estimate of drug-likeness (QED) is 0.738. The minimum Gasteiger partial charge on any atom is -0.349 e. The van der Waals surface area contributed by atoms with Crippen LogP contribution in [0, 0.1) is 12.8 Å². The Morgan fingerprint density at radius 2 is 2.46 bits per heavy atom. The number of hydrogen-bond donors (Lipinski definition) is 1. The SMILES string of the molecule is Cc1nc(C(=O)NCC2CC2)no1. The van der Waals surface area contributed by atoms with E-state index >= 15 is 0 Å². The lowest BCUT2D eigenvalue weighted by atomic mass is 10.4. The Bertz CT molecular complexity index is 317. The van der Waals surface area contributed by atoms with Crippen molar-refractivity contribution in [3.63, 3.8) is 0 Å². The van der Waals surface area contributed by atoms with Crippen molar-refractivity contribution in [3.05, 3.63) is 11.7 Å². The van der Waals surface area contributed by atoms with Gasteiger partial charge in [-0.2, -0.15) is 4.98 Å². The molecule has 1 N–H and O–H groups in total. The van der Waals surface area contributed by atoms with E-state index in [4.69, 9.17) is 0 Å². The van der Waals surface area contributed by atoms with Gasteiger partial charge in [-0.3, -0.25) is 4.79 Å². The van der Waals surface area contributed by atoms with Crippen LogP contribution in [0.25, 0.3) is 0 Å². The molecular weight excluding hydrogens is 170 g/mol. The molecule has 1 aliphatic carbocycles. The monoisotopic (exact) mass is 181 g/mol. The maximum atomic E-state index is 11.3. The summed E-state index contributed by atoms with van der Waals surface area (Å²) in [4.78, 5) is 15.1. The van der Waals surface area contributed by atoms with Gasteiger partial charge in [-0.25, -0.2) is 0 Å². The molecule has 1 aromatic heterocycles. The second-order valence-electron chi connectivity index (χ2n) is 3.29. The van der Waals surface area contributed by atoms with Gasteiger partial charge in [0.2, 0.25) is 5.89 Å². The molecule has 1 fully saturated rings. The summed E-state index contributed by atoms with van der Waals surface area (Å²) in [5, 5.41) is 6.27. The van der Waals surface area contributed by atoms with Gasteiger partial charge in [-0.05, 0) is 18.8 Å². The van der Waals surface area contributed by atoms with E-state index < -0.39 is 0 Å². The highest BCUT2D eigenvalue weighted by Crippen LogP contribution is 2.27. The molecule has 1 saturated carbocycles. The van der Waals surface area contributed by atoms with Gasteiger partial charge in [-0.15, -0.1) is 0 Å². The topological polar surface area (TPSA) is 68.0 Å². The highest BCUT2D eigenvalue weighted by atomic mass is 16.5. The fraction of sp³-hybridized carbons (Fsp3) is 0.625. The summed E-state index contributed by atoms with van der Waals surface area (Å²) < 4.78 is 4.69. The number of carbonyl (C=O) groups excluding carboxylic acids is 1. The predicted octanol–water partition coefficient (Wildman–Crippen LogP) is 0.518. The molecule has 0 aromatic carbocycles. The number of aromatic nitrogens is 2. The number of nitrogens with zero attached hydrogens (tertiary/aromatic N) is 2. The van der Waals surface area contributed by atoms with Crippen molar-refractivity contribution < 1.29 is 9.32 Å². The van der Waals surface area contributed by atoms with Crippen molar-refractivity contribution in [1.29, 1.82) is 0 Å². The molecule has 1 aromatic rings. The lowest BCUT2D eigenvalue weighted by Crippen LogP contribution is -2.26. The molecule has 0 radical (unpaired) electrons. The van der Waals surface area contributed by atoms with E-state index in [-0.39, 0.29) is 11.7 Å². The van der Waals surface area contributed by atoms with Gasteiger partial charge in [0.1, 0.15) is 0 Å². The normalized spacial score (nSPS) is 15.8. The highest BCUT2D eigenvalue weighted by Gasteiger charge is 2.22. The van der Waals surface area contributed by atoms with Crippen LogP contribution in [-0.4, -0.2) is 22.6 Å². The summed E-state index contributed by atoms with van der Waals surface area (Å²) in [5.41, 5.74) is 0. The molecule has 0 saturated heterocycles. The summed E-state index contributed by atoms with van der Waals surface area (Å²) in [5.74, 6) is 0.954. The number of nitrogens with one attached hydrogen (secondary N) is 1. The van der Waals surface area contributed by atoms with Crippen LogP contribution in [0.2, 0.25) is 0 Å². The van der Waals surface area contributed by atoms with E-state index in [0.29, 0.717) is 11.8 Å². The van der Waals surface area contributed by atoms with Crippen molar-refractivity contribution >= 4 is 5.91 Å².